The van der Waals surface area contributed by atoms with E-state index in [0.717, 1.165) is 17.8 Å². The number of hydrogen-bond acceptors (Lipinski definition) is 0. The summed E-state index contributed by atoms with van der Waals surface area (Å²) in [5, 5.41) is 0. The van der Waals surface area contributed by atoms with Crippen molar-refractivity contribution in [1.29, 1.82) is 0 Å². The van der Waals surface area contributed by atoms with Crippen LogP contribution in [-0.2, 0) is 19.4 Å². The van der Waals surface area contributed by atoms with Gasteiger partial charge in [0.2, 0.25) is 0 Å². The van der Waals surface area contributed by atoms with Crippen molar-refractivity contribution in [2.45, 2.75) is 45.4 Å². The Labute approximate surface area is 86.5 Å². The molecule has 0 aliphatic heterocycles. The first-order chi connectivity index (χ1) is 5.77. The fourth-order valence-corrected chi connectivity index (χ4v) is 5.15. The Morgan fingerprint density at radius 1 is 1.25 bits per heavy atom. The van der Waals surface area contributed by atoms with Crippen LogP contribution in [0.25, 0.3) is 0 Å². The van der Waals surface area contributed by atoms with Crippen molar-refractivity contribution in [2.24, 2.45) is 17.8 Å². The van der Waals surface area contributed by atoms with E-state index in [4.69, 9.17) is 0 Å². The summed E-state index contributed by atoms with van der Waals surface area (Å²) in [5.74, 6) is 3.15. The summed E-state index contributed by atoms with van der Waals surface area (Å²) in [7, 11) is 0. The average molecular weight is 334 g/mol. The first-order valence-electron chi connectivity index (χ1n) is 5.30. The van der Waals surface area contributed by atoms with E-state index in [-0.39, 0.29) is 0 Å². The maximum absolute atomic E-state index is 2.44. The van der Waals surface area contributed by atoms with Gasteiger partial charge in [-0.25, -0.2) is 0 Å². The predicted octanol–water partition coefficient (Wildman–Crippen LogP) is 2.94. The quantitative estimate of drug-likeness (QED) is 0.639. The molecule has 0 saturated heterocycles. The molecule has 2 saturated carbocycles. The van der Waals surface area contributed by atoms with Crippen molar-refractivity contribution in [1.82, 2.24) is 0 Å². The molecule has 0 aromatic carbocycles. The minimum absolute atomic E-state index is 0.997. The van der Waals surface area contributed by atoms with E-state index >= 15 is 0 Å². The molecule has 2 rings (SSSR count). The van der Waals surface area contributed by atoms with Crippen molar-refractivity contribution < 1.29 is 19.4 Å². The molecule has 12 heavy (non-hydrogen) atoms. The van der Waals surface area contributed by atoms with E-state index in [1.54, 1.807) is 19.4 Å². The Kier molecular flexibility index (Phi) is 2.85. The Hall–Kier alpha value is 0.558. The van der Waals surface area contributed by atoms with Crippen LogP contribution in [0, 0.1) is 17.8 Å². The summed E-state index contributed by atoms with van der Waals surface area (Å²) in [6, 6.07) is 0. The number of rotatable bonds is 0. The van der Waals surface area contributed by atoms with Gasteiger partial charge in [0.05, 0.1) is 0 Å². The van der Waals surface area contributed by atoms with Gasteiger partial charge in [-0.2, -0.15) is 0 Å². The van der Waals surface area contributed by atoms with Crippen molar-refractivity contribution in [3.63, 3.8) is 0 Å². The van der Waals surface area contributed by atoms with Gasteiger partial charge in [-0.3, -0.25) is 0 Å². The molecule has 0 bridgehead atoms. The molecule has 1 heteroatoms. The first-order valence-corrected chi connectivity index (χ1v) is 6.76. The Morgan fingerprint density at radius 3 is 2.83 bits per heavy atom. The molecule has 2 aliphatic rings. The van der Waals surface area contributed by atoms with Crippen LogP contribution in [0.3, 0.4) is 0 Å². The molecule has 2 aliphatic carbocycles. The van der Waals surface area contributed by atoms with Gasteiger partial charge in [0, 0.05) is 0 Å². The van der Waals surface area contributed by atoms with E-state index in [1.807, 2.05) is 3.90 Å². The summed E-state index contributed by atoms with van der Waals surface area (Å²) in [4.78, 5) is 0. The molecule has 3 atom stereocenters. The van der Waals surface area contributed by atoms with Crippen LogP contribution in [0.1, 0.15) is 45.4 Å². The van der Waals surface area contributed by atoms with Crippen LogP contribution >= 0.6 is 0 Å². The summed E-state index contributed by atoms with van der Waals surface area (Å²) in [6.07, 6.45) is 9.06. The number of hydrogen-bond donors (Lipinski definition) is 0. The molecule has 0 aromatic heterocycles. The third kappa shape index (κ3) is 1.74. The molecular weight excluding hydrogens is 316 g/mol. The summed E-state index contributed by atoms with van der Waals surface area (Å²) >= 11 is 1.79. The SMILES string of the molecule is CC1C[C](=[W])C2CCCCC2C1. The van der Waals surface area contributed by atoms with Gasteiger partial charge in [-0.15, -0.1) is 0 Å². The zero-order valence-corrected chi connectivity index (χ0v) is 10.8. The summed E-state index contributed by atoms with van der Waals surface area (Å²) < 4.78 is 1.90. The molecule has 0 spiro atoms. The third-order valence-electron chi connectivity index (χ3n) is 3.58. The Bertz CT molecular complexity index is 185. The molecule has 3 unspecified atom stereocenters. The summed E-state index contributed by atoms with van der Waals surface area (Å²) in [5.41, 5.74) is 0. The third-order valence-corrected chi connectivity index (χ3v) is 5.26. The molecule has 68 valence electrons. The van der Waals surface area contributed by atoms with Crippen LogP contribution in [0.15, 0.2) is 0 Å². The second-order valence-electron chi connectivity index (χ2n) is 4.66. The van der Waals surface area contributed by atoms with E-state index in [9.17, 15) is 0 Å². The normalized spacial score (nSPS) is 42.4. The Morgan fingerprint density at radius 2 is 2.00 bits per heavy atom. The molecule has 0 radical (unpaired) electrons. The van der Waals surface area contributed by atoms with E-state index in [0.29, 0.717) is 0 Å². The van der Waals surface area contributed by atoms with E-state index < -0.39 is 0 Å². The van der Waals surface area contributed by atoms with Crippen LogP contribution < -0.4 is 0 Å². The van der Waals surface area contributed by atoms with Gasteiger partial charge in [-0.1, -0.05) is 0 Å². The molecular formula is C11H18W. The first kappa shape index (κ1) is 9.13. The molecule has 2 fully saturated rings. The second kappa shape index (κ2) is 3.74. The van der Waals surface area contributed by atoms with Crippen LogP contribution in [0.5, 0.6) is 0 Å². The number of fused-ring (bicyclic) bond motifs is 1. The molecule has 0 amide bonds. The fraction of sp³-hybridized carbons (Fsp3) is 0.909. The van der Waals surface area contributed by atoms with Gasteiger partial charge in [-0.05, 0) is 0 Å². The standard InChI is InChI=1S/C11H18.W/c1-9-6-7-10-4-2-3-5-11(10)8-9;/h9-11H,2-6,8H2,1H3;. The zero-order valence-electron chi connectivity index (χ0n) is 7.88. The topological polar surface area (TPSA) is 0 Å². The maximum atomic E-state index is 2.44. The average Bonchev–Trinajstić information content (AvgIpc) is 2.04. The monoisotopic (exact) mass is 334 g/mol. The minimum atomic E-state index is 0.997. The van der Waals surface area contributed by atoms with Gasteiger partial charge >= 0.3 is 86.5 Å². The zero-order chi connectivity index (χ0) is 8.55. The molecule has 0 N–H and O–H groups in total. The molecule has 0 heterocycles. The van der Waals surface area contributed by atoms with Gasteiger partial charge in [0.15, 0.2) is 0 Å². The van der Waals surface area contributed by atoms with Crippen LogP contribution in [0.4, 0.5) is 0 Å². The van der Waals surface area contributed by atoms with E-state index in [2.05, 4.69) is 6.92 Å². The van der Waals surface area contributed by atoms with Crippen molar-refractivity contribution in [3.8, 4) is 0 Å². The fourth-order valence-electron chi connectivity index (χ4n) is 3.01. The Balaban J connectivity index is 2.06. The van der Waals surface area contributed by atoms with Gasteiger partial charge in [0.25, 0.3) is 0 Å². The summed E-state index contributed by atoms with van der Waals surface area (Å²) in [6.45, 7) is 2.44. The molecule has 0 aromatic rings. The van der Waals surface area contributed by atoms with Crippen molar-refractivity contribution >= 4 is 3.90 Å². The predicted molar refractivity (Wildman–Crippen MR) is 48.9 cm³/mol. The van der Waals surface area contributed by atoms with E-state index in [1.165, 1.54) is 38.5 Å². The van der Waals surface area contributed by atoms with Crippen molar-refractivity contribution in [3.05, 3.63) is 0 Å². The van der Waals surface area contributed by atoms with Gasteiger partial charge < -0.3 is 0 Å². The van der Waals surface area contributed by atoms with Crippen molar-refractivity contribution in [2.75, 3.05) is 0 Å². The molecule has 0 nitrogen and oxygen atoms in total. The second-order valence-corrected chi connectivity index (χ2v) is 6.55. The van der Waals surface area contributed by atoms with Crippen LogP contribution in [0.2, 0.25) is 0 Å². The van der Waals surface area contributed by atoms with Gasteiger partial charge in [0.1, 0.15) is 0 Å². The van der Waals surface area contributed by atoms with Crippen LogP contribution in [-0.4, -0.2) is 3.90 Å².